The molecule has 0 bridgehead atoms. The first kappa shape index (κ1) is 16.0. The van der Waals surface area contributed by atoms with Crippen molar-refractivity contribution in [1.29, 1.82) is 0 Å². The fraction of sp³-hybridized carbons (Fsp3) is 0.500. The summed E-state index contributed by atoms with van der Waals surface area (Å²) < 4.78 is 28.1. The van der Waals surface area contributed by atoms with E-state index in [1.165, 1.54) is 0 Å². The van der Waals surface area contributed by atoms with Crippen molar-refractivity contribution < 1.29 is 8.42 Å². The molecule has 2 atom stereocenters. The molecule has 1 saturated carbocycles. The van der Waals surface area contributed by atoms with E-state index in [-0.39, 0.29) is 17.5 Å². The zero-order valence-electron chi connectivity index (χ0n) is 12.5. The van der Waals surface area contributed by atoms with Crippen molar-refractivity contribution in [3.63, 3.8) is 0 Å². The fourth-order valence-corrected chi connectivity index (χ4v) is 4.23. The molecule has 1 fully saturated rings. The Morgan fingerprint density at radius 1 is 1.38 bits per heavy atom. The molecule has 1 aromatic carbocycles. The highest BCUT2D eigenvalue weighted by Gasteiger charge is 2.29. The van der Waals surface area contributed by atoms with E-state index in [1.807, 2.05) is 6.92 Å². The molecule has 2 unspecified atom stereocenters. The number of nitrogens with one attached hydrogen (secondary N) is 1. The molecule has 114 valence electrons. The van der Waals surface area contributed by atoms with Crippen molar-refractivity contribution in [2.75, 3.05) is 6.54 Å². The summed E-state index contributed by atoms with van der Waals surface area (Å²) in [6, 6.07) is 5.22. The minimum absolute atomic E-state index is 0.0200. The van der Waals surface area contributed by atoms with Gasteiger partial charge in [-0.2, -0.15) is 0 Å². The summed E-state index contributed by atoms with van der Waals surface area (Å²) in [7, 11) is -3.55. The van der Waals surface area contributed by atoms with Crippen molar-refractivity contribution in [3.05, 3.63) is 29.3 Å². The Morgan fingerprint density at radius 3 is 2.76 bits per heavy atom. The highest BCUT2D eigenvalue weighted by atomic mass is 32.2. The smallest absolute Gasteiger partial charge is 0.242 e. The quantitative estimate of drug-likeness (QED) is 0.836. The third kappa shape index (κ3) is 3.85. The van der Waals surface area contributed by atoms with Crippen LogP contribution in [0.5, 0.6) is 0 Å². The Morgan fingerprint density at radius 2 is 2.14 bits per heavy atom. The van der Waals surface area contributed by atoms with E-state index in [2.05, 4.69) is 23.5 Å². The third-order valence-corrected chi connectivity index (χ3v) is 5.47. The molecule has 3 N–H and O–H groups in total. The lowest BCUT2D eigenvalue weighted by Crippen LogP contribution is -2.36. The average molecular weight is 306 g/mol. The maximum Gasteiger partial charge on any atom is 0.242 e. The summed E-state index contributed by atoms with van der Waals surface area (Å²) in [6.07, 6.45) is 3.04. The second-order valence-electron chi connectivity index (χ2n) is 5.64. The van der Waals surface area contributed by atoms with E-state index in [0.717, 1.165) is 24.8 Å². The molecule has 1 aliphatic carbocycles. The van der Waals surface area contributed by atoms with Gasteiger partial charge in [-0.05, 0) is 43.4 Å². The molecule has 4 nitrogen and oxygen atoms in total. The van der Waals surface area contributed by atoms with Gasteiger partial charge in [0.2, 0.25) is 10.0 Å². The highest BCUT2D eigenvalue weighted by Crippen LogP contribution is 2.27. The molecule has 5 heteroatoms. The zero-order valence-corrected chi connectivity index (χ0v) is 13.3. The molecule has 0 saturated heterocycles. The molecule has 0 amide bonds. The van der Waals surface area contributed by atoms with Gasteiger partial charge in [0, 0.05) is 11.6 Å². The molecule has 21 heavy (non-hydrogen) atoms. The van der Waals surface area contributed by atoms with E-state index in [9.17, 15) is 8.42 Å². The first-order chi connectivity index (χ1) is 9.94. The Kier molecular flexibility index (Phi) is 5.04. The Balaban J connectivity index is 2.35. The summed E-state index contributed by atoms with van der Waals surface area (Å²) in [4.78, 5) is 0.244. The number of rotatable bonds is 3. The summed E-state index contributed by atoms with van der Waals surface area (Å²) in [5.41, 5.74) is 6.87. The molecule has 2 rings (SSSR count). The van der Waals surface area contributed by atoms with Crippen LogP contribution in [0.15, 0.2) is 23.1 Å². The largest absolute Gasteiger partial charge is 0.320 e. The maximum atomic E-state index is 12.6. The lowest BCUT2D eigenvalue weighted by atomic mass is 10.1. The van der Waals surface area contributed by atoms with E-state index in [4.69, 9.17) is 5.73 Å². The maximum absolute atomic E-state index is 12.6. The van der Waals surface area contributed by atoms with Crippen LogP contribution in [0, 0.1) is 24.7 Å². The second kappa shape index (κ2) is 6.61. The van der Waals surface area contributed by atoms with Gasteiger partial charge in [0.05, 0.1) is 11.4 Å². The molecule has 0 radical (unpaired) electrons. The summed E-state index contributed by atoms with van der Waals surface area (Å²) in [5, 5.41) is 0. The molecule has 0 heterocycles. The van der Waals surface area contributed by atoms with Crippen molar-refractivity contribution in [2.24, 2.45) is 11.7 Å². The van der Waals surface area contributed by atoms with Gasteiger partial charge >= 0.3 is 0 Å². The van der Waals surface area contributed by atoms with Crippen LogP contribution in [0.3, 0.4) is 0 Å². The fourth-order valence-electron chi connectivity index (χ4n) is 2.71. The van der Waals surface area contributed by atoms with Gasteiger partial charge in [-0.3, -0.25) is 0 Å². The summed E-state index contributed by atoms with van der Waals surface area (Å²) >= 11 is 0. The minimum atomic E-state index is -3.55. The lowest BCUT2D eigenvalue weighted by Gasteiger charge is -2.18. The Bertz CT molecular complexity index is 671. The van der Waals surface area contributed by atoms with Crippen LogP contribution < -0.4 is 10.5 Å². The third-order valence-electron chi connectivity index (χ3n) is 3.92. The molecular formula is C16H22N2O2S. The predicted octanol–water partition coefficient (Wildman–Crippen LogP) is 1.77. The molecule has 0 aliphatic heterocycles. The van der Waals surface area contributed by atoms with E-state index < -0.39 is 10.0 Å². The number of hydrogen-bond acceptors (Lipinski definition) is 3. The van der Waals surface area contributed by atoms with Gasteiger partial charge < -0.3 is 5.73 Å². The zero-order chi connectivity index (χ0) is 15.5. The Hall–Kier alpha value is -1.35. The van der Waals surface area contributed by atoms with Crippen molar-refractivity contribution >= 4 is 10.0 Å². The van der Waals surface area contributed by atoms with Gasteiger partial charge in [0.15, 0.2) is 0 Å². The van der Waals surface area contributed by atoms with Crippen LogP contribution in [0.1, 0.15) is 37.3 Å². The van der Waals surface area contributed by atoms with Crippen LogP contribution in [0.25, 0.3) is 0 Å². The SMILES string of the molecule is Cc1ccc(S(=O)(=O)NC2CCCC2C)c(C#CCN)c1. The molecule has 1 aromatic rings. The number of hydrogen-bond donors (Lipinski definition) is 2. The first-order valence-electron chi connectivity index (χ1n) is 7.26. The van der Waals surface area contributed by atoms with Crippen LogP contribution in [0.4, 0.5) is 0 Å². The first-order valence-corrected chi connectivity index (χ1v) is 8.74. The van der Waals surface area contributed by atoms with E-state index >= 15 is 0 Å². The number of nitrogens with two attached hydrogens (primary N) is 1. The average Bonchev–Trinajstić information content (AvgIpc) is 2.81. The normalized spacial score (nSPS) is 21.9. The summed E-state index contributed by atoms with van der Waals surface area (Å²) in [5.74, 6) is 5.97. The number of sulfonamides is 1. The highest BCUT2D eigenvalue weighted by molar-refractivity contribution is 7.89. The van der Waals surface area contributed by atoms with Gasteiger partial charge in [-0.25, -0.2) is 13.1 Å². The topological polar surface area (TPSA) is 72.2 Å². The predicted molar refractivity (Wildman–Crippen MR) is 84.2 cm³/mol. The monoisotopic (exact) mass is 306 g/mol. The second-order valence-corrected chi connectivity index (χ2v) is 7.32. The van der Waals surface area contributed by atoms with Crippen LogP contribution in [0.2, 0.25) is 0 Å². The number of aryl methyl sites for hydroxylation is 1. The van der Waals surface area contributed by atoms with E-state index in [0.29, 0.717) is 11.5 Å². The number of benzene rings is 1. The lowest BCUT2D eigenvalue weighted by molar-refractivity contribution is 0.476. The van der Waals surface area contributed by atoms with Gasteiger partial charge in [-0.1, -0.05) is 31.3 Å². The van der Waals surface area contributed by atoms with Crippen LogP contribution in [-0.2, 0) is 10.0 Å². The van der Waals surface area contributed by atoms with Crippen molar-refractivity contribution in [3.8, 4) is 11.8 Å². The minimum Gasteiger partial charge on any atom is -0.320 e. The van der Waals surface area contributed by atoms with Crippen LogP contribution >= 0.6 is 0 Å². The molecular weight excluding hydrogens is 284 g/mol. The summed E-state index contributed by atoms with van der Waals surface area (Å²) in [6.45, 7) is 4.21. The van der Waals surface area contributed by atoms with Crippen LogP contribution in [-0.4, -0.2) is 21.0 Å². The van der Waals surface area contributed by atoms with Crippen molar-refractivity contribution in [1.82, 2.24) is 4.72 Å². The molecule has 0 aromatic heterocycles. The van der Waals surface area contributed by atoms with Gasteiger partial charge in [0.1, 0.15) is 0 Å². The molecule has 1 aliphatic rings. The standard InChI is InChI=1S/C16H22N2O2S/c1-12-8-9-16(14(11-12)6-4-10-17)21(19,20)18-15-7-3-5-13(15)2/h8-9,11,13,15,18H,3,5,7,10,17H2,1-2H3. The van der Waals surface area contributed by atoms with Gasteiger partial charge in [0.25, 0.3) is 0 Å². The Labute approximate surface area is 127 Å². The van der Waals surface area contributed by atoms with E-state index in [1.54, 1.807) is 18.2 Å². The van der Waals surface area contributed by atoms with Gasteiger partial charge in [-0.15, -0.1) is 0 Å². The van der Waals surface area contributed by atoms with Crippen molar-refractivity contribution in [2.45, 2.75) is 44.0 Å². The molecule has 0 spiro atoms.